The molecule has 3 nitrogen and oxygen atoms in total. The van der Waals surface area contributed by atoms with Crippen LogP contribution in [0.3, 0.4) is 0 Å². The molecular formula is C6H5N3S. The molecule has 1 aromatic rings. The van der Waals surface area contributed by atoms with Crippen LogP contribution in [0.2, 0.25) is 0 Å². The molecule has 0 aliphatic rings. The monoisotopic (exact) mass is 151 g/mol. The lowest BCUT2D eigenvalue weighted by atomic mass is 10.4. The second kappa shape index (κ2) is 3.15. The van der Waals surface area contributed by atoms with E-state index in [1.54, 1.807) is 6.07 Å². The van der Waals surface area contributed by atoms with Gasteiger partial charge < -0.3 is 0 Å². The Bertz CT molecular complexity index is 261. The van der Waals surface area contributed by atoms with Crippen molar-refractivity contribution in [3.8, 4) is 0 Å². The molecule has 0 spiro atoms. The summed E-state index contributed by atoms with van der Waals surface area (Å²) in [4.78, 5) is 3.64. The van der Waals surface area contributed by atoms with E-state index < -0.39 is 0 Å². The molecule has 0 N–H and O–H groups in total. The number of thiocarbonyl (C=S) groups is 1. The Morgan fingerprint density at radius 3 is 2.80 bits per heavy atom. The minimum absolute atomic E-state index is 0.501. The molecule has 0 saturated heterocycles. The highest BCUT2D eigenvalue weighted by Crippen LogP contribution is 2.02. The van der Waals surface area contributed by atoms with Crippen molar-refractivity contribution >= 4 is 23.2 Å². The first-order chi connectivity index (χ1) is 4.83. The molecule has 0 aliphatic heterocycles. The van der Waals surface area contributed by atoms with E-state index in [9.17, 15) is 0 Å². The summed E-state index contributed by atoms with van der Waals surface area (Å²) < 4.78 is 0. The maximum absolute atomic E-state index is 4.38. The SMILES string of the molecule is Cc1ccc(N=C=S)nn1. The second-order valence-corrected chi connectivity index (χ2v) is 1.92. The minimum Gasteiger partial charge on any atom is -0.172 e. The summed E-state index contributed by atoms with van der Waals surface area (Å²) in [5.41, 5.74) is 0.864. The third-order valence-electron chi connectivity index (χ3n) is 0.944. The zero-order valence-electron chi connectivity index (χ0n) is 5.40. The lowest BCUT2D eigenvalue weighted by Gasteiger charge is -1.87. The maximum Gasteiger partial charge on any atom is 0.184 e. The zero-order chi connectivity index (χ0) is 7.40. The zero-order valence-corrected chi connectivity index (χ0v) is 6.22. The smallest absolute Gasteiger partial charge is 0.172 e. The number of hydrogen-bond acceptors (Lipinski definition) is 4. The summed E-state index contributed by atoms with van der Waals surface area (Å²) in [6.45, 7) is 1.86. The summed E-state index contributed by atoms with van der Waals surface area (Å²) in [5, 5.41) is 9.70. The number of hydrogen-bond donors (Lipinski definition) is 0. The third-order valence-corrected chi connectivity index (χ3v) is 1.04. The quantitative estimate of drug-likeness (QED) is 0.451. The number of isothiocyanates is 1. The molecule has 1 rings (SSSR count). The van der Waals surface area contributed by atoms with Crippen molar-refractivity contribution in [2.75, 3.05) is 0 Å². The number of aryl methyl sites for hydroxylation is 1. The predicted molar refractivity (Wildman–Crippen MR) is 41.5 cm³/mol. The Morgan fingerprint density at radius 2 is 2.30 bits per heavy atom. The van der Waals surface area contributed by atoms with Gasteiger partial charge >= 0.3 is 0 Å². The number of aliphatic imine (C=N–C) groups is 1. The number of aromatic nitrogens is 2. The highest BCUT2D eigenvalue weighted by atomic mass is 32.1. The van der Waals surface area contributed by atoms with Crippen molar-refractivity contribution in [3.05, 3.63) is 17.8 Å². The van der Waals surface area contributed by atoms with Gasteiger partial charge in [0, 0.05) is 0 Å². The summed E-state index contributed by atoms with van der Waals surface area (Å²) in [5.74, 6) is 0.501. The van der Waals surface area contributed by atoms with Crippen molar-refractivity contribution < 1.29 is 0 Å². The summed E-state index contributed by atoms with van der Waals surface area (Å²) >= 11 is 4.38. The summed E-state index contributed by atoms with van der Waals surface area (Å²) in [6, 6.07) is 3.56. The Kier molecular flexibility index (Phi) is 2.20. The topological polar surface area (TPSA) is 38.1 Å². The van der Waals surface area contributed by atoms with E-state index in [0.29, 0.717) is 5.82 Å². The highest BCUT2D eigenvalue weighted by Gasteiger charge is 1.87. The van der Waals surface area contributed by atoms with Crippen LogP contribution >= 0.6 is 12.2 Å². The van der Waals surface area contributed by atoms with E-state index in [0.717, 1.165) is 5.69 Å². The predicted octanol–water partition coefficient (Wildman–Crippen LogP) is 1.52. The van der Waals surface area contributed by atoms with Gasteiger partial charge in [-0.2, -0.15) is 10.1 Å². The normalized spacial score (nSPS) is 8.50. The molecule has 0 fully saturated rings. The molecule has 0 atom stereocenters. The van der Waals surface area contributed by atoms with Gasteiger partial charge in [-0.1, -0.05) is 0 Å². The summed E-state index contributed by atoms with van der Waals surface area (Å²) in [7, 11) is 0. The third kappa shape index (κ3) is 1.69. The van der Waals surface area contributed by atoms with E-state index >= 15 is 0 Å². The molecule has 0 saturated carbocycles. The van der Waals surface area contributed by atoms with Gasteiger partial charge in [-0.25, -0.2) is 0 Å². The van der Waals surface area contributed by atoms with Gasteiger partial charge in [0.2, 0.25) is 0 Å². The standard InChI is InChI=1S/C6H5N3S/c1-5-2-3-6(7-4-10)9-8-5/h2-3H,1H3. The van der Waals surface area contributed by atoms with E-state index in [1.165, 1.54) is 0 Å². The first kappa shape index (κ1) is 6.99. The lowest BCUT2D eigenvalue weighted by molar-refractivity contribution is 0.978. The van der Waals surface area contributed by atoms with Crippen molar-refractivity contribution in [3.63, 3.8) is 0 Å². The van der Waals surface area contributed by atoms with Crippen LogP contribution in [0.15, 0.2) is 17.1 Å². The van der Waals surface area contributed by atoms with Gasteiger partial charge in [0.05, 0.1) is 10.9 Å². The van der Waals surface area contributed by atoms with Gasteiger partial charge in [-0.3, -0.25) is 0 Å². The lowest BCUT2D eigenvalue weighted by Crippen LogP contribution is -1.82. The van der Waals surface area contributed by atoms with Gasteiger partial charge in [-0.05, 0) is 31.3 Å². The molecule has 0 radical (unpaired) electrons. The van der Waals surface area contributed by atoms with Crippen LogP contribution in [0, 0.1) is 6.92 Å². The fourth-order valence-electron chi connectivity index (χ4n) is 0.498. The van der Waals surface area contributed by atoms with Crippen molar-refractivity contribution in [1.82, 2.24) is 10.2 Å². The highest BCUT2D eigenvalue weighted by molar-refractivity contribution is 7.78. The van der Waals surface area contributed by atoms with Crippen molar-refractivity contribution in [2.45, 2.75) is 6.92 Å². The van der Waals surface area contributed by atoms with Gasteiger partial charge in [0.1, 0.15) is 0 Å². The number of rotatable bonds is 1. The second-order valence-electron chi connectivity index (χ2n) is 1.74. The van der Waals surface area contributed by atoms with Crippen molar-refractivity contribution in [2.24, 2.45) is 4.99 Å². The van der Waals surface area contributed by atoms with Crippen LogP contribution in [-0.4, -0.2) is 15.4 Å². The van der Waals surface area contributed by atoms with Crippen molar-refractivity contribution in [1.29, 1.82) is 0 Å². The Labute approximate surface area is 63.8 Å². The molecule has 10 heavy (non-hydrogen) atoms. The maximum atomic E-state index is 4.38. The number of nitrogens with zero attached hydrogens (tertiary/aromatic N) is 3. The average Bonchev–Trinajstić information content (AvgIpc) is 1.95. The van der Waals surface area contributed by atoms with Crippen LogP contribution < -0.4 is 0 Å². The van der Waals surface area contributed by atoms with E-state index in [4.69, 9.17) is 0 Å². The summed E-state index contributed by atoms with van der Waals surface area (Å²) in [6.07, 6.45) is 0. The van der Waals surface area contributed by atoms with E-state index in [-0.39, 0.29) is 0 Å². The first-order valence-electron chi connectivity index (χ1n) is 2.71. The molecule has 0 aromatic carbocycles. The molecule has 0 amide bonds. The molecule has 0 aliphatic carbocycles. The van der Waals surface area contributed by atoms with Gasteiger partial charge in [0.25, 0.3) is 0 Å². The molecular weight excluding hydrogens is 146 g/mol. The van der Waals surface area contributed by atoms with Crippen LogP contribution in [0.4, 0.5) is 5.82 Å². The van der Waals surface area contributed by atoms with E-state index in [2.05, 4.69) is 32.6 Å². The Hall–Kier alpha value is -1.12. The minimum atomic E-state index is 0.501. The molecule has 1 aromatic heterocycles. The molecule has 1 heterocycles. The van der Waals surface area contributed by atoms with E-state index in [1.807, 2.05) is 13.0 Å². The van der Waals surface area contributed by atoms with Crippen LogP contribution in [-0.2, 0) is 0 Å². The van der Waals surface area contributed by atoms with Crippen LogP contribution in [0.5, 0.6) is 0 Å². The molecule has 4 heteroatoms. The molecule has 50 valence electrons. The van der Waals surface area contributed by atoms with Crippen LogP contribution in [0.25, 0.3) is 0 Å². The fourth-order valence-corrected chi connectivity index (χ4v) is 0.592. The molecule has 0 bridgehead atoms. The first-order valence-corrected chi connectivity index (χ1v) is 3.12. The largest absolute Gasteiger partial charge is 0.184 e. The molecule has 0 unspecified atom stereocenters. The van der Waals surface area contributed by atoms with Gasteiger partial charge in [0.15, 0.2) is 5.82 Å². The average molecular weight is 151 g/mol. The van der Waals surface area contributed by atoms with Crippen LogP contribution in [0.1, 0.15) is 5.69 Å². The van der Waals surface area contributed by atoms with Gasteiger partial charge in [-0.15, -0.1) is 5.10 Å². The Balaban J connectivity index is 3.00. The Morgan fingerprint density at radius 1 is 1.50 bits per heavy atom. The fraction of sp³-hybridized carbons (Fsp3) is 0.167.